The molecule has 1 nitrogen and oxygen atoms in total. The molecule has 1 aromatic carbocycles. The zero-order valence-corrected chi connectivity index (χ0v) is 11.9. The second-order valence-electron chi connectivity index (χ2n) is 4.54. The fourth-order valence-corrected chi connectivity index (χ4v) is 2.62. The lowest BCUT2D eigenvalue weighted by atomic mass is 10.0. The molecule has 16 heavy (non-hydrogen) atoms. The molecular weight excluding hydrogens is 262 g/mol. The van der Waals surface area contributed by atoms with Gasteiger partial charge in [0.1, 0.15) is 0 Å². The van der Waals surface area contributed by atoms with Crippen LogP contribution in [0.25, 0.3) is 0 Å². The second kappa shape index (κ2) is 7.08. The zero-order chi connectivity index (χ0) is 12.0. The number of hydrogen-bond donors (Lipinski definition) is 1. The summed E-state index contributed by atoms with van der Waals surface area (Å²) in [6, 6.07) is 6.95. The maximum Gasteiger partial charge on any atom is 0.0209 e. The van der Waals surface area contributed by atoms with Crippen molar-refractivity contribution in [2.24, 2.45) is 5.73 Å². The summed E-state index contributed by atoms with van der Waals surface area (Å²) >= 11 is 3.61. The van der Waals surface area contributed by atoms with Crippen molar-refractivity contribution in [3.8, 4) is 0 Å². The molecule has 0 saturated heterocycles. The van der Waals surface area contributed by atoms with Crippen LogP contribution < -0.4 is 5.73 Å². The Morgan fingerprint density at radius 2 is 2.06 bits per heavy atom. The van der Waals surface area contributed by atoms with Crippen molar-refractivity contribution >= 4 is 15.9 Å². The first-order valence-corrected chi connectivity index (χ1v) is 6.93. The molecule has 0 heterocycles. The smallest absolute Gasteiger partial charge is 0.0209 e. The van der Waals surface area contributed by atoms with Gasteiger partial charge in [-0.1, -0.05) is 41.4 Å². The molecule has 0 aliphatic rings. The first kappa shape index (κ1) is 13.7. The zero-order valence-electron chi connectivity index (χ0n) is 10.3. The fourth-order valence-electron chi connectivity index (χ4n) is 1.92. The highest BCUT2D eigenvalue weighted by molar-refractivity contribution is 9.10. The minimum absolute atomic E-state index is 0.384. The second-order valence-corrected chi connectivity index (χ2v) is 5.39. The third-order valence-electron chi connectivity index (χ3n) is 2.89. The molecule has 0 saturated carbocycles. The van der Waals surface area contributed by atoms with Crippen LogP contribution in [0.2, 0.25) is 0 Å². The quantitative estimate of drug-likeness (QED) is 0.832. The molecule has 0 bridgehead atoms. The van der Waals surface area contributed by atoms with Crippen LogP contribution in [0.5, 0.6) is 0 Å². The van der Waals surface area contributed by atoms with Crippen LogP contribution in [0.4, 0.5) is 0 Å². The van der Waals surface area contributed by atoms with Crippen LogP contribution in [-0.4, -0.2) is 6.04 Å². The minimum Gasteiger partial charge on any atom is -0.328 e. The highest BCUT2D eigenvalue weighted by Crippen LogP contribution is 2.20. The van der Waals surface area contributed by atoms with Gasteiger partial charge in [-0.15, -0.1) is 0 Å². The lowest BCUT2D eigenvalue weighted by Crippen LogP contribution is -2.19. The molecule has 1 rings (SSSR count). The number of aryl methyl sites for hydroxylation is 2. The van der Waals surface area contributed by atoms with E-state index in [9.17, 15) is 0 Å². The Morgan fingerprint density at radius 3 is 2.69 bits per heavy atom. The van der Waals surface area contributed by atoms with Crippen molar-refractivity contribution in [2.45, 2.75) is 52.0 Å². The number of hydrogen-bond acceptors (Lipinski definition) is 1. The van der Waals surface area contributed by atoms with E-state index in [0.717, 1.165) is 19.3 Å². The van der Waals surface area contributed by atoms with E-state index in [1.54, 1.807) is 0 Å². The van der Waals surface area contributed by atoms with E-state index >= 15 is 0 Å². The topological polar surface area (TPSA) is 26.0 Å². The maximum absolute atomic E-state index is 6.00. The van der Waals surface area contributed by atoms with E-state index in [1.165, 1.54) is 28.4 Å². The van der Waals surface area contributed by atoms with Gasteiger partial charge in [0.15, 0.2) is 0 Å². The summed E-state index contributed by atoms with van der Waals surface area (Å²) in [7, 11) is 0. The van der Waals surface area contributed by atoms with Gasteiger partial charge in [-0.25, -0.2) is 0 Å². The van der Waals surface area contributed by atoms with Gasteiger partial charge in [0.25, 0.3) is 0 Å². The van der Waals surface area contributed by atoms with Crippen molar-refractivity contribution in [1.29, 1.82) is 0 Å². The summed E-state index contributed by atoms with van der Waals surface area (Å²) < 4.78 is 1.23. The SMILES string of the molecule is CCCC(N)CCCc1ccc(C)cc1Br. The predicted molar refractivity (Wildman–Crippen MR) is 74.7 cm³/mol. The van der Waals surface area contributed by atoms with Crippen molar-refractivity contribution in [3.63, 3.8) is 0 Å². The van der Waals surface area contributed by atoms with Crippen molar-refractivity contribution in [3.05, 3.63) is 33.8 Å². The van der Waals surface area contributed by atoms with Gasteiger partial charge in [-0.2, -0.15) is 0 Å². The molecule has 90 valence electrons. The van der Waals surface area contributed by atoms with E-state index in [0.29, 0.717) is 6.04 Å². The Kier molecular flexibility index (Phi) is 6.07. The van der Waals surface area contributed by atoms with Crippen LogP contribution >= 0.6 is 15.9 Å². The van der Waals surface area contributed by atoms with Gasteiger partial charge in [0.05, 0.1) is 0 Å². The van der Waals surface area contributed by atoms with E-state index in [1.807, 2.05) is 0 Å². The van der Waals surface area contributed by atoms with Gasteiger partial charge in [-0.05, 0) is 49.8 Å². The standard InChI is InChI=1S/C14H22BrN/c1-3-5-13(16)7-4-6-12-9-8-11(2)10-14(12)15/h8-10,13H,3-7,16H2,1-2H3. The van der Waals surface area contributed by atoms with Gasteiger partial charge in [0, 0.05) is 10.5 Å². The van der Waals surface area contributed by atoms with E-state index in [-0.39, 0.29) is 0 Å². The van der Waals surface area contributed by atoms with Crippen LogP contribution in [0.15, 0.2) is 22.7 Å². The first-order chi connectivity index (χ1) is 7.63. The molecule has 0 aromatic heterocycles. The van der Waals surface area contributed by atoms with Crippen LogP contribution in [0.3, 0.4) is 0 Å². The summed E-state index contributed by atoms with van der Waals surface area (Å²) in [6.07, 6.45) is 5.78. The minimum atomic E-state index is 0.384. The Bertz CT molecular complexity index is 323. The molecule has 0 fully saturated rings. The molecule has 1 aromatic rings. The van der Waals surface area contributed by atoms with E-state index in [4.69, 9.17) is 5.73 Å². The Labute approximate surface area is 108 Å². The monoisotopic (exact) mass is 283 g/mol. The number of rotatable bonds is 6. The molecule has 0 aliphatic carbocycles. The molecule has 2 N–H and O–H groups in total. The third-order valence-corrected chi connectivity index (χ3v) is 3.63. The van der Waals surface area contributed by atoms with E-state index in [2.05, 4.69) is 48.0 Å². The molecule has 0 aliphatic heterocycles. The highest BCUT2D eigenvalue weighted by atomic mass is 79.9. The summed E-state index contributed by atoms with van der Waals surface area (Å²) in [4.78, 5) is 0. The normalized spacial score (nSPS) is 12.8. The highest BCUT2D eigenvalue weighted by Gasteiger charge is 2.03. The molecule has 2 heteroatoms. The van der Waals surface area contributed by atoms with Gasteiger partial charge in [0.2, 0.25) is 0 Å². The largest absolute Gasteiger partial charge is 0.328 e. The molecular formula is C14H22BrN. The molecule has 0 spiro atoms. The first-order valence-electron chi connectivity index (χ1n) is 6.14. The Morgan fingerprint density at radius 1 is 1.31 bits per heavy atom. The molecule has 0 radical (unpaired) electrons. The Hall–Kier alpha value is -0.340. The van der Waals surface area contributed by atoms with Crippen LogP contribution in [-0.2, 0) is 6.42 Å². The van der Waals surface area contributed by atoms with Gasteiger partial charge >= 0.3 is 0 Å². The summed E-state index contributed by atoms with van der Waals surface area (Å²) in [5, 5.41) is 0. The average molecular weight is 284 g/mol. The van der Waals surface area contributed by atoms with E-state index < -0.39 is 0 Å². The molecule has 1 atom stereocenters. The Balaban J connectivity index is 2.37. The lowest BCUT2D eigenvalue weighted by molar-refractivity contribution is 0.539. The number of halogens is 1. The maximum atomic E-state index is 6.00. The van der Waals surface area contributed by atoms with Crippen molar-refractivity contribution < 1.29 is 0 Å². The van der Waals surface area contributed by atoms with Crippen molar-refractivity contribution in [2.75, 3.05) is 0 Å². The fraction of sp³-hybridized carbons (Fsp3) is 0.571. The summed E-state index contributed by atoms with van der Waals surface area (Å²) in [5.74, 6) is 0. The number of nitrogens with two attached hydrogens (primary N) is 1. The molecule has 0 amide bonds. The van der Waals surface area contributed by atoms with Gasteiger partial charge < -0.3 is 5.73 Å². The lowest BCUT2D eigenvalue weighted by Gasteiger charge is -2.10. The van der Waals surface area contributed by atoms with Crippen molar-refractivity contribution in [1.82, 2.24) is 0 Å². The average Bonchev–Trinajstić information content (AvgIpc) is 2.22. The van der Waals surface area contributed by atoms with Crippen LogP contribution in [0.1, 0.15) is 43.7 Å². The third kappa shape index (κ3) is 4.67. The predicted octanol–water partition coefficient (Wildman–Crippen LogP) is 4.21. The summed E-state index contributed by atoms with van der Waals surface area (Å²) in [6.45, 7) is 4.31. The van der Waals surface area contributed by atoms with Gasteiger partial charge in [-0.3, -0.25) is 0 Å². The number of benzene rings is 1. The molecule has 1 unspecified atom stereocenters. The van der Waals surface area contributed by atoms with Crippen LogP contribution in [0, 0.1) is 6.92 Å². The summed E-state index contributed by atoms with van der Waals surface area (Å²) in [5.41, 5.74) is 8.70.